The molecule has 0 unspecified atom stereocenters. The summed E-state index contributed by atoms with van der Waals surface area (Å²) in [4.78, 5) is 4.76. The minimum Gasteiger partial charge on any atom is -0.258 e. The van der Waals surface area contributed by atoms with E-state index in [1.807, 2.05) is 6.92 Å². The zero-order chi connectivity index (χ0) is 19.4. The average molecular weight is 393 g/mol. The van der Waals surface area contributed by atoms with E-state index in [-0.39, 0.29) is 5.56 Å². The van der Waals surface area contributed by atoms with Crippen molar-refractivity contribution < 1.29 is 17.6 Å². The van der Waals surface area contributed by atoms with Gasteiger partial charge in [0, 0.05) is 23.1 Å². The first kappa shape index (κ1) is 19.0. The van der Waals surface area contributed by atoms with Crippen LogP contribution < -0.4 is 4.80 Å². The molecule has 1 heterocycles. The molecular formula is C19H15F4N3S. The molecule has 140 valence electrons. The molecular weight excluding hydrogens is 378 g/mol. The lowest BCUT2D eigenvalue weighted by Crippen LogP contribution is -2.14. The Morgan fingerprint density at radius 2 is 1.78 bits per heavy atom. The van der Waals surface area contributed by atoms with Crippen molar-refractivity contribution >= 4 is 17.6 Å². The number of hydrogen-bond donors (Lipinski definition) is 0. The first-order chi connectivity index (χ1) is 12.9. The Morgan fingerprint density at radius 3 is 2.48 bits per heavy atom. The molecule has 3 nitrogen and oxygen atoms in total. The summed E-state index contributed by atoms with van der Waals surface area (Å²) in [5, 5.41) is 5.87. The molecule has 3 aromatic rings. The number of thiazole rings is 1. The summed E-state index contributed by atoms with van der Waals surface area (Å²) >= 11 is 1.24. The van der Waals surface area contributed by atoms with Crippen molar-refractivity contribution in [1.29, 1.82) is 0 Å². The number of aromatic nitrogens is 1. The van der Waals surface area contributed by atoms with Crippen molar-refractivity contribution in [3.63, 3.8) is 0 Å². The number of nitrogens with zero attached hydrogens (tertiary/aromatic N) is 3. The van der Waals surface area contributed by atoms with Crippen LogP contribution in [0.2, 0.25) is 0 Å². The molecule has 3 rings (SSSR count). The van der Waals surface area contributed by atoms with Crippen LogP contribution in [0.25, 0.3) is 11.3 Å². The van der Waals surface area contributed by atoms with E-state index in [0.29, 0.717) is 22.6 Å². The lowest BCUT2D eigenvalue weighted by Gasteiger charge is -2.09. The van der Waals surface area contributed by atoms with Gasteiger partial charge in [-0.2, -0.15) is 18.3 Å². The van der Waals surface area contributed by atoms with Crippen molar-refractivity contribution in [1.82, 2.24) is 4.68 Å². The lowest BCUT2D eigenvalue weighted by molar-refractivity contribution is -0.137. The van der Waals surface area contributed by atoms with Crippen molar-refractivity contribution in [2.24, 2.45) is 10.1 Å². The van der Waals surface area contributed by atoms with Crippen LogP contribution >= 0.6 is 11.3 Å². The van der Waals surface area contributed by atoms with E-state index in [2.05, 4.69) is 10.1 Å². The smallest absolute Gasteiger partial charge is 0.258 e. The summed E-state index contributed by atoms with van der Waals surface area (Å²) in [5.74, 6) is -0.446. The molecule has 0 aliphatic heterocycles. The molecule has 0 amide bonds. The highest BCUT2D eigenvalue weighted by molar-refractivity contribution is 7.07. The number of rotatable bonds is 4. The van der Waals surface area contributed by atoms with Crippen LogP contribution in [-0.4, -0.2) is 17.4 Å². The van der Waals surface area contributed by atoms with Crippen LogP contribution in [0.1, 0.15) is 18.1 Å². The van der Waals surface area contributed by atoms with Crippen LogP contribution in [0.15, 0.2) is 64.0 Å². The van der Waals surface area contributed by atoms with Crippen LogP contribution in [0, 0.1) is 5.82 Å². The van der Waals surface area contributed by atoms with E-state index in [0.717, 1.165) is 12.3 Å². The standard InChI is InChI=1S/C19H15F4N3S/c1-2-24-18-26(17(12-27-18)14-8-4-6-10-16(14)20)25-11-13-7-3-5-9-15(13)19(21,22)23/h3-12H,2H2,1H3/b24-18?,25-11-. The van der Waals surface area contributed by atoms with Gasteiger partial charge in [0.1, 0.15) is 5.82 Å². The summed E-state index contributed by atoms with van der Waals surface area (Å²) in [6.07, 6.45) is -3.37. The fourth-order valence-electron chi connectivity index (χ4n) is 2.50. The summed E-state index contributed by atoms with van der Waals surface area (Å²) in [7, 11) is 0. The minimum absolute atomic E-state index is 0.0781. The monoisotopic (exact) mass is 393 g/mol. The first-order valence-corrected chi connectivity index (χ1v) is 8.96. The van der Waals surface area contributed by atoms with E-state index < -0.39 is 17.6 Å². The summed E-state index contributed by atoms with van der Waals surface area (Å²) in [6, 6.07) is 11.3. The maximum atomic E-state index is 14.2. The molecule has 0 saturated heterocycles. The summed E-state index contributed by atoms with van der Waals surface area (Å²) in [6.45, 7) is 2.29. The highest BCUT2D eigenvalue weighted by atomic mass is 32.1. The fourth-order valence-corrected chi connectivity index (χ4v) is 3.39. The van der Waals surface area contributed by atoms with Gasteiger partial charge in [0.15, 0.2) is 0 Å². The molecule has 0 radical (unpaired) electrons. The van der Waals surface area contributed by atoms with Gasteiger partial charge in [0.05, 0.1) is 17.5 Å². The van der Waals surface area contributed by atoms with Gasteiger partial charge in [0.25, 0.3) is 0 Å². The number of benzene rings is 2. The van der Waals surface area contributed by atoms with Gasteiger partial charge in [-0.05, 0) is 25.1 Å². The predicted octanol–water partition coefficient (Wildman–Crippen LogP) is 5.18. The summed E-state index contributed by atoms with van der Waals surface area (Å²) in [5.41, 5.74) is -0.143. The van der Waals surface area contributed by atoms with E-state index in [1.165, 1.54) is 40.3 Å². The third-order valence-electron chi connectivity index (χ3n) is 3.71. The molecule has 0 aliphatic carbocycles. The maximum absolute atomic E-state index is 14.2. The van der Waals surface area contributed by atoms with Crippen LogP contribution in [-0.2, 0) is 6.18 Å². The Morgan fingerprint density at radius 1 is 1.07 bits per heavy atom. The molecule has 0 bridgehead atoms. The molecule has 0 spiro atoms. The van der Waals surface area contributed by atoms with Crippen LogP contribution in [0.3, 0.4) is 0 Å². The van der Waals surface area contributed by atoms with E-state index in [9.17, 15) is 17.6 Å². The molecule has 8 heteroatoms. The topological polar surface area (TPSA) is 29.6 Å². The van der Waals surface area contributed by atoms with Crippen LogP contribution in [0.5, 0.6) is 0 Å². The van der Waals surface area contributed by atoms with Gasteiger partial charge in [-0.3, -0.25) is 4.99 Å². The first-order valence-electron chi connectivity index (χ1n) is 8.08. The average Bonchev–Trinajstić information content (AvgIpc) is 3.02. The second kappa shape index (κ2) is 7.87. The van der Waals surface area contributed by atoms with Gasteiger partial charge < -0.3 is 0 Å². The molecule has 1 aromatic heterocycles. The molecule has 0 saturated carbocycles. The molecule has 2 aromatic carbocycles. The minimum atomic E-state index is -4.49. The second-order valence-corrected chi connectivity index (χ2v) is 6.34. The Hall–Kier alpha value is -2.74. The van der Waals surface area contributed by atoms with Gasteiger partial charge in [-0.1, -0.05) is 30.3 Å². The fraction of sp³-hybridized carbons (Fsp3) is 0.158. The molecule has 27 heavy (non-hydrogen) atoms. The Balaban J connectivity index is 2.13. The Kier molecular flexibility index (Phi) is 5.55. The van der Waals surface area contributed by atoms with Crippen molar-refractivity contribution in [3.05, 3.63) is 75.7 Å². The number of hydrogen-bond acceptors (Lipinski definition) is 3. The molecule has 0 N–H and O–H groups in total. The third kappa shape index (κ3) is 4.16. The predicted molar refractivity (Wildman–Crippen MR) is 98.2 cm³/mol. The Bertz CT molecular complexity index is 1030. The van der Waals surface area contributed by atoms with E-state index in [1.54, 1.807) is 23.6 Å². The maximum Gasteiger partial charge on any atom is 0.417 e. The van der Waals surface area contributed by atoms with Crippen molar-refractivity contribution in [2.75, 3.05) is 6.54 Å². The zero-order valence-corrected chi connectivity index (χ0v) is 15.1. The zero-order valence-electron chi connectivity index (χ0n) is 14.2. The van der Waals surface area contributed by atoms with E-state index >= 15 is 0 Å². The lowest BCUT2D eigenvalue weighted by atomic mass is 10.1. The van der Waals surface area contributed by atoms with Crippen LogP contribution in [0.4, 0.5) is 17.6 Å². The Labute approximate surface area is 156 Å². The quantitative estimate of drug-likeness (QED) is 0.432. The van der Waals surface area contributed by atoms with E-state index in [4.69, 9.17) is 0 Å². The molecule has 0 atom stereocenters. The third-order valence-corrected chi connectivity index (χ3v) is 4.56. The highest BCUT2D eigenvalue weighted by Gasteiger charge is 2.32. The SMILES string of the molecule is CCN=c1scc(-c2ccccc2F)n1/N=C\c1ccccc1C(F)(F)F. The second-order valence-electron chi connectivity index (χ2n) is 5.50. The molecule has 0 fully saturated rings. The number of alkyl halides is 3. The van der Waals surface area contributed by atoms with Crippen molar-refractivity contribution in [2.45, 2.75) is 13.1 Å². The van der Waals surface area contributed by atoms with Gasteiger partial charge in [-0.25, -0.2) is 9.07 Å². The normalized spacial score (nSPS) is 12.9. The van der Waals surface area contributed by atoms with Gasteiger partial charge in [-0.15, -0.1) is 11.3 Å². The number of halogens is 4. The largest absolute Gasteiger partial charge is 0.417 e. The molecule has 0 aliphatic rings. The highest BCUT2D eigenvalue weighted by Crippen LogP contribution is 2.31. The van der Waals surface area contributed by atoms with Crippen molar-refractivity contribution in [3.8, 4) is 11.3 Å². The van der Waals surface area contributed by atoms with Gasteiger partial charge in [0.2, 0.25) is 4.80 Å². The van der Waals surface area contributed by atoms with Gasteiger partial charge >= 0.3 is 6.18 Å². The summed E-state index contributed by atoms with van der Waals surface area (Å²) < 4.78 is 55.1.